The maximum absolute atomic E-state index is 5.23. The monoisotopic (exact) mass is 265 g/mol. The zero-order valence-corrected chi connectivity index (χ0v) is 11.4. The minimum atomic E-state index is 0.684. The lowest BCUT2D eigenvalue weighted by molar-refractivity contribution is 0.412. The van der Waals surface area contributed by atoms with Gasteiger partial charge in [-0.05, 0) is 12.1 Å². The molecule has 0 fully saturated rings. The van der Waals surface area contributed by atoms with Crippen LogP contribution in [0, 0.1) is 0 Å². The molecule has 1 heterocycles. The van der Waals surface area contributed by atoms with Crippen LogP contribution < -0.4 is 9.64 Å². The number of hydrogen-bond acceptors (Lipinski definition) is 6. The summed E-state index contributed by atoms with van der Waals surface area (Å²) in [6.07, 6.45) is 1.34. The maximum Gasteiger partial charge on any atom is 0.213 e. The van der Waals surface area contributed by atoms with E-state index in [1.165, 1.54) is 6.39 Å². The van der Waals surface area contributed by atoms with Gasteiger partial charge in [-0.25, -0.2) is 0 Å². The Morgan fingerprint density at radius 1 is 1.39 bits per heavy atom. The third kappa shape index (κ3) is 2.95. The van der Waals surface area contributed by atoms with Gasteiger partial charge in [0.05, 0.1) is 18.6 Å². The molecule has 0 radical (unpaired) electrons. The Bertz CT molecular complexity index is 500. The molecule has 0 unspecified atom stereocenters. The van der Waals surface area contributed by atoms with Crippen molar-refractivity contribution in [3.8, 4) is 5.75 Å². The first-order chi connectivity index (χ1) is 8.70. The van der Waals surface area contributed by atoms with Gasteiger partial charge in [0.25, 0.3) is 0 Å². The Morgan fingerprint density at radius 2 is 2.22 bits per heavy atom. The molecular formula is C12H15N3O2S. The first-order valence-corrected chi connectivity index (χ1v) is 6.42. The van der Waals surface area contributed by atoms with Gasteiger partial charge in [-0.15, -0.1) is 11.8 Å². The van der Waals surface area contributed by atoms with Gasteiger partial charge in [-0.1, -0.05) is 5.16 Å². The van der Waals surface area contributed by atoms with E-state index in [1.807, 2.05) is 32.3 Å². The molecular weight excluding hydrogens is 250 g/mol. The van der Waals surface area contributed by atoms with Gasteiger partial charge in [0.15, 0.2) is 5.82 Å². The summed E-state index contributed by atoms with van der Waals surface area (Å²) in [6, 6.07) is 6.00. The van der Waals surface area contributed by atoms with Crippen molar-refractivity contribution >= 4 is 17.4 Å². The molecule has 0 saturated heterocycles. The van der Waals surface area contributed by atoms with Crippen LogP contribution in [0.5, 0.6) is 5.75 Å². The van der Waals surface area contributed by atoms with Gasteiger partial charge in [0.2, 0.25) is 6.39 Å². The molecule has 0 bridgehead atoms. The number of anilines is 1. The van der Waals surface area contributed by atoms with Gasteiger partial charge in [0.1, 0.15) is 5.75 Å². The molecule has 0 spiro atoms. The van der Waals surface area contributed by atoms with Crippen LogP contribution in [0.3, 0.4) is 0 Å². The van der Waals surface area contributed by atoms with Crippen LogP contribution in [0.15, 0.2) is 34.0 Å². The van der Waals surface area contributed by atoms with E-state index in [-0.39, 0.29) is 0 Å². The van der Waals surface area contributed by atoms with E-state index in [2.05, 4.69) is 15.0 Å². The normalized spacial score (nSPS) is 10.4. The van der Waals surface area contributed by atoms with Crippen LogP contribution in [0.25, 0.3) is 0 Å². The Morgan fingerprint density at radius 3 is 2.83 bits per heavy atom. The molecule has 96 valence electrons. The summed E-state index contributed by atoms with van der Waals surface area (Å²) in [5, 5.41) is 3.79. The Balaban J connectivity index is 2.16. The molecule has 1 aromatic carbocycles. The van der Waals surface area contributed by atoms with Crippen LogP contribution in [-0.2, 0) is 5.75 Å². The molecule has 2 rings (SSSR count). The summed E-state index contributed by atoms with van der Waals surface area (Å²) < 4.78 is 9.95. The number of aromatic nitrogens is 2. The van der Waals surface area contributed by atoms with Gasteiger partial charge >= 0.3 is 0 Å². The van der Waals surface area contributed by atoms with Crippen LogP contribution in [0.4, 0.5) is 5.69 Å². The average Bonchev–Trinajstić information content (AvgIpc) is 2.89. The van der Waals surface area contributed by atoms with Gasteiger partial charge in [0, 0.05) is 25.1 Å². The standard InChI is InChI=1S/C12H15N3O2S/c1-15(2)10-6-9(16-3)4-5-11(10)18-7-12-13-8-17-14-12/h4-6,8H,7H2,1-3H3. The van der Waals surface area contributed by atoms with Crippen molar-refractivity contribution in [2.45, 2.75) is 10.6 Å². The van der Waals surface area contributed by atoms with E-state index in [4.69, 9.17) is 9.26 Å². The minimum absolute atomic E-state index is 0.684. The second-order valence-corrected chi connectivity index (χ2v) is 4.88. The Kier molecular flexibility index (Phi) is 4.09. The Hall–Kier alpha value is -1.69. The van der Waals surface area contributed by atoms with Crippen molar-refractivity contribution < 1.29 is 9.26 Å². The maximum atomic E-state index is 5.23. The van der Waals surface area contributed by atoms with Crippen molar-refractivity contribution in [1.82, 2.24) is 10.1 Å². The summed E-state index contributed by atoms with van der Waals surface area (Å²) in [4.78, 5) is 7.22. The molecule has 0 saturated carbocycles. The highest BCUT2D eigenvalue weighted by Crippen LogP contribution is 2.33. The van der Waals surface area contributed by atoms with E-state index >= 15 is 0 Å². The first-order valence-electron chi connectivity index (χ1n) is 5.44. The molecule has 0 aliphatic rings. The van der Waals surface area contributed by atoms with Crippen molar-refractivity contribution in [2.24, 2.45) is 0 Å². The van der Waals surface area contributed by atoms with E-state index in [0.29, 0.717) is 11.6 Å². The molecule has 0 N–H and O–H groups in total. The average molecular weight is 265 g/mol. The second-order valence-electron chi connectivity index (χ2n) is 3.86. The lowest BCUT2D eigenvalue weighted by atomic mass is 10.3. The van der Waals surface area contributed by atoms with Crippen molar-refractivity contribution in [1.29, 1.82) is 0 Å². The van der Waals surface area contributed by atoms with Crippen LogP contribution in [0.1, 0.15) is 5.82 Å². The van der Waals surface area contributed by atoms with Gasteiger partial charge in [-0.3, -0.25) is 0 Å². The topological polar surface area (TPSA) is 51.4 Å². The highest BCUT2D eigenvalue weighted by atomic mass is 32.2. The van der Waals surface area contributed by atoms with Gasteiger partial charge in [-0.2, -0.15) is 4.98 Å². The summed E-state index contributed by atoms with van der Waals surface area (Å²) in [7, 11) is 5.68. The molecule has 2 aromatic rings. The lowest BCUT2D eigenvalue weighted by Gasteiger charge is -2.17. The van der Waals surface area contributed by atoms with E-state index in [0.717, 1.165) is 16.3 Å². The summed E-state index contributed by atoms with van der Waals surface area (Å²) >= 11 is 1.67. The third-order valence-electron chi connectivity index (χ3n) is 2.41. The van der Waals surface area contributed by atoms with E-state index < -0.39 is 0 Å². The van der Waals surface area contributed by atoms with Crippen molar-refractivity contribution in [3.63, 3.8) is 0 Å². The Labute approximate surface area is 110 Å². The smallest absolute Gasteiger partial charge is 0.213 e. The summed E-state index contributed by atoms with van der Waals surface area (Å²) in [5.41, 5.74) is 1.11. The van der Waals surface area contributed by atoms with Crippen molar-refractivity contribution in [3.05, 3.63) is 30.4 Å². The van der Waals surface area contributed by atoms with E-state index in [9.17, 15) is 0 Å². The fourth-order valence-electron chi connectivity index (χ4n) is 1.49. The number of rotatable bonds is 5. The molecule has 0 aliphatic heterocycles. The molecule has 0 amide bonds. The second kappa shape index (κ2) is 5.77. The van der Waals surface area contributed by atoms with Crippen LogP contribution in [0.2, 0.25) is 0 Å². The van der Waals surface area contributed by atoms with E-state index in [1.54, 1.807) is 18.9 Å². The molecule has 6 heteroatoms. The molecule has 5 nitrogen and oxygen atoms in total. The largest absolute Gasteiger partial charge is 0.497 e. The minimum Gasteiger partial charge on any atom is -0.497 e. The quantitative estimate of drug-likeness (QED) is 0.774. The number of nitrogens with zero attached hydrogens (tertiary/aromatic N) is 3. The summed E-state index contributed by atoms with van der Waals surface area (Å²) in [6.45, 7) is 0. The molecule has 0 aliphatic carbocycles. The number of benzene rings is 1. The highest BCUT2D eigenvalue weighted by Gasteiger charge is 2.08. The zero-order chi connectivity index (χ0) is 13.0. The van der Waals surface area contributed by atoms with Crippen LogP contribution in [-0.4, -0.2) is 31.3 Å². The number of hydrogen-bond donors (Lipinski definition) is 0. The SMILES string of the molecule is COc1ccc(SCc2ncon2)c(N(C)C)c1. The lowest BCUT2D eigenvalue weighted by Crippen LogP contribution is -2.10. The molecule has 18 heavy (non-hydrogen) atoms. The fraction of sp³-hybridized carbons (Fsp3) is 0.333. The predicted molar refractivity (Wildman–Crippen MR) is 71.2 cm³/mol. The zero-order valence-electron chi connectivity index (χ0n) is 10.6. The van der Waals surface area contributed by atoms with Crippen LogP contribution >= 0.6 is 11.8 Å². The molecule has 0 atom stereocenters. The predicted octanol–water partition coefficient (Wildman–Crippen LogP) is 2.44. The highest BCUT2D eigenvalue weighted by molar-refractivity contribution is 7.98. The summed E-state index contributed by atoms with van der Waals surface area (Å²) in [5.74, 6) is 2.23. The third-order valence-corrected chi connectivity index (χ3v) is 3.47. The van der Waals surface area contributed by atoms with Crippen molar-refractivity contribution in [2.75, 3.05) is 26.1 Å². The molecule has 1 aromatic heterocycles. The number of methoxy groups -OCH3 is 1. The number of thioether (sulfide) groups is 1. The number of ether oxygens (including phenoxy) is 1. The first kappa shape index (κ1) is 12.8. The fourth-order valence-corrected chi connectivity index (χ4v) is 2.46. The van der Waals surface area contributed by atoms with Gasteiger partial charge < -0.3 is 14.2 Å².